The van der Waals surface area contributed by atoms with Gasteiger partial charge >= 0.3 is 0 Å². The molecule has 4 heteroatoms. The van der Waals surface area contributed by atoms with Gasteiger partial charge in [-0.15, -0.1) is 0 Å². The smallest absolute Gasteiger partial charge is 0.119 e. The van der Waals surface area contributed by atoms with Crippen molar-refractivity contribution in [1.29, 1.82) is 5.26 Å². The summed E-state index contributed by atoms with van der Waals surface area (Å²) in [7, 11) is 1.59. The van der Waals surface area contributed by atoms with Gasteiger partial charge in [-0.25, -0.2) is 0 Å². The van der Waals surface area contributed by atoms with Crippen molar-refractivity contribution in [2.45, 2.75) is 25.4 Å². The fraction of sp³-hybridized carbons (Fsp3) is 0.462. The molecule has 0 bridgehead atoms. The van der Waals surface area contributed by atoms with Crippen molar-refractivity contribution in [2.24, 2.45) is 5.41 Å². The summed E-state index contributed by atoms with van der Waals surface area (Å²) >= 11 is 3.41. The number of methoxy groups -OCH3 is 1. The van der Waals surface area contributed by atoms with Crippen LogP contribution < -0.4 is 4.74 Å². The molecule has 0 amide bonds. The second-order valence-corrected chi connectivity index (χ2v) is 5.27. The predicted molar refractivity (Wildman–Crippen MR) is 67.6 cm³/mol. The number of aliphatic hydroxyl groups is 1. The Kier molecular flexibility index (Phi) is 3.41. The maximum absolute atomic E-state index is 10.4. The molecule has 1 aromatic rings. The lowest BCUT2D eigenvalue weighted by Crippen LogP contribution is -2.34. The maximum Gasteiger partial charge on any atom is 0.119 e. The third-order valence-corrected chi connectivity index (χ3v) is 4.21. The zero-order valence-corrected chi connectivity index (χ0v) is 11.2. The molecule has 0 spiro atoms. The summed E-state index contributed by atoms with van der Waals surface area (Å²) in [6.45, 7) is 0. The van der Waals surface area contributed by atoms with E-state index in [1.165, 1.54) is 0 Å². The normalized spacial score (nSPS) is 18.9. The molecule has 1 atom stereocenters. The number of benzene rings is 1. The Morgan fingerprint density at radius 3 is 2.71 bits per heavy atom. The molecule has 0 saturated heterocycles. The first-order chi connectivity index (χ1) is 8.13. The molecule has 0 aliphatic heterocycles. The summed E-state index contributed by atoms with van der Waals surface area (Å²) in [6, 6.07) is 7.70. The van der Waals surface area contributed by atoms with E-state index in [2.05, 4.69) is 22.0 Å². The first-order valence-corrected chi connectivity index (χ1v) is 6.35. The van der Waals surface area contributed by atoms with E-state index < -0.39 is 11.5 Å². The Morgan fingerprint density at radius 1 is 1.53 bits per heavy atom. The highest BCUT2D eigenvalue weighted by molar-refractivity contribution is 9.10. The number of ether oxygens (including phenoxy) is 1. The van der Waals surface area contributed by atoms with E-state index in [1.54, 1.807) is 13.2 Å². The van der Waals surface area contributed by atoms with Crippen molar-refractivity contribution in [3.8, 4) is 11.8 Å². The largest absolute Gasteiger partial charge is 0.497 e. The minimum Gasteiger partial charge on any atom is -0.497 e. The Bertz CT molecular complexity index is 463. The molecule has 1 N–H and O–H groups in total. The van der Waals surface area contributed by atoms with Gasteiger partial charge in [0.05, 0.1) is 24.7 Å². The van der Waals surface area contributed by atoms with Crippen LogP contribution >= 0.6 is 15.9 Å². The van der Waals surface area contributed by atoms with Crippen LogP contribution in [0.15, 0.2) is 22.7 Å². The first-order valence-electron chi connectivity index (χ1n) is 5.56. The number of halogens is 1. The lowest BCUT2D eigenvalue weighted by Gasteiger charge is -2.39. The molecular formula is C13H14BrNO2. The number of nitriles is 1. The van der Waals surface area contributed by atoms with Crippen LogP contribution in [0.25, 0.3) is 0 Å². The zero-order chi connectivity index (χ0) is 12.5. The summed E-state index contributed by atoms with van der Waals surface area (Å²) in [4.78, 5) is 0. The number of aliphatic hydroxyl groups excluding tert-OH is 1. The van der Waals surface area contributed by atoms with Gasteiger partial charge in [-0.2, -0.15) is 5.26 Å². The molecule has 1 aliphatic carbocycles. The van der Waals surface area contributed by atoms with Crippen LogP contribution in [0.1, 0.15) is 30.9 Å². The molecule has 90 valence electrons. The lowest BCUT2D eigenvalue weighted by atomic mass is 9.64. The average Bonchev–Trinajstić information content (AvgIpc) is 2.29. The van der Waals surface area contributed by atoms with Crippen LogP contribution in [-0.2, 0) is 0 Å². The first kappa shape index (κ1) is 12.4. The van der Waals surface area contributed by atoms with Crippen LogP contribution in [0.5, 0.6) is 5.75 Å². The van der Waals surface area contributed by atoms with Gasteiger partial charge in [0, 0.05) is 4.47 Å². The van der Waals surface area contributed by atoms with E-state index in [1.807, 2.05) is 12.1 Å². The summed E-state index contributed by atoms with van der Waals surface area (Å²) in [5.41, 5.74) is 0.111. The number of hydrogen-bond acceptors (Lipinski definition) is 3. The predicted octanol–water partition coefficient (Wildman–Crippen LogP) is 3.18. The van der Waals surface area contributed by atoms with Gasteiger partial charge in [0.15, 0.2) is 0 Å². The van der Waals surface area contributed by atoms with Crippen molar-refractivity contribution in [3.05, 3.63) is 28.2 Å². The van der Waals surface area contributed by atoms with Crippen LogP contribution in [0, 0.1) is 16.7 Å². The highest BCUT2D eigenvalue weighted by Gasteiger charge is 2.45. The van der Waals surface area contributed by atoms with E-state index >= 15 is 0 Å². The van der Waals surface area contributed by atoms with Crippen LogP contribution in [0.4, 0.5) is 0 Å². The molecule has 0 aromatic heterocycles. The highest BCUT2D eigenvalue weighted by Crippen LogP contribution is 2.51. The van der Waals surface area contributed by atoms with Crippen molar-refractivity contribution >= 4 is 15.9 Å². The monoisotopic (exact) mass is 295 g/mol. The summed E-state index contributed by atoms with van der Waals surface area (Å²) in [6.07, 6.45) is 1.76. The summed E-state index contributed by atoms with van der Waals surface area (Å²) < 4.78 is 5.96. The van der Waals surface area contributed by atoms with Gasteiger partial charge in [0.2, 0.25) is 0 Å². The molecule has 0 heterocycles. The average molecular weight is 296 g/mol. The van der Waals surface area contributed by atoms with Gasteiger partial charge in [-0.05, 0) is 36.6 Å². The molecule has 1 aromatic carbocycles. The third-order valence-electron chi connectivity index (χ3n) is 3.49. The Hall–Kier alpha value is -1.05. The molecule has 1 fully saturated rings. The number of rotatable bonds is 3. The van der Waals surface area contributed by atoms with Crippen molar-refractivity contribution < 1.29 is 9.84 Å². The Balaban J connectivity index is 2.36. The van der Waals surface area contributed by atoms with Crippen molar-refractivity contribution in [2.75, 3.05) is 7.11 Å². The van der Waals surface area contributed by atoms with E-state index in [0.717, 1.165) is 29.3 Å². The second kappa shape index (κ2) is 4.67. The highest BCUT2D eigenvalue weighted by atomic mass is 79.9. The second-order valence-electron chi connectivity index (χ2n) is 4.41. The van der Waals surface area contributed by atoms with Gasteiger partial charge in [0.1, 0.15) is 5.75 Å². The van der Waals surface area contributed by atoms with E-state index in [0.29, 0.717) is 5.75 Å². The third kappa shape index (κ3) is 2.05. The van der Waals surface area contributed by atoms with Crippen LogP contribution in [0.2, 0.25) is 0 Å². The van der Waals surface area contributed by atoms with Gasteiger partial charge < -0.3 is 9.84 Å². The fourth-order valence-corrected chi connectivity index (χ4v) is 2.62. The SMILES string of the molecule is COc1ccc(Br)c(C(O)C2(C#N)CCC2)c1. The minimum atomic E-state index is -0.759. The zero-order valence-electron chi connectivity index (χ0n) is 9.61. The van der Waals surface area contributed by atoms with Crippen molar-refractivity contribution in [3.63, 3.8) is 0 Å². The Labute approximate surface area is 109 Å². The molecule has 17 heavy (non-hydrogen) atoms. The molecule has 1 saturated carbocycles. The van der Waals surface area contributed by atoms with Gasteiger partial charge in [0.25, 0.3) is 0 Å². The van der Waals surface area contributed by atoms with Gasteiger partial charge in [-0.1, -0.05) is 22.4 Å². The van der Waals surface area contributed by atoms with Crippen LogP contribution in [-0.4, -0.2) is 12.2 Å². The van der Waals surface area contributed by atoms with Crippen molar-refractivity contribution in [1.82, 2.24) is 0 Å². The summed E-state index contributed by atoms with van der Waals surface area (Å²) in [5.74, 6) is 0.690. The number of nitrogens with zero attached hydrogens (tertiary/aromatic N) is 1. The van der Waals surface area contributed by atoms with E-state index in [9.17, 15) is 10.4 Å². The molecule has 3 nitrogen and oxygen atoms in total. The van der Waals surface area contributed by atoms with Gasteiger partial charge in [-0.3, -0.25) is 0 Å². The number of hydrogen-bond donors (Lipinski definition) is 1. The Morgan fingerprint density at radius 2 is 2.24 bits per heavy atom. The standard InChI is InChI=1S/C13H14BrNO2/c1-17-9-3-4-11(14)10(7-9)12(16)13(8-15)5-2-6-13/h3-4,7,12,16H,2,5-6H2,1H3. The maximum atomic E-state index is 10.4. The molecule has 1 aliphatic rings. The minimum absolute atomic E-state index is 0.616. The lowest BCUT2D eigenvalue weighted by molar-refractivity contribution is 0.00735. The molecule has 0 radical (unpaired) electrons. The quantitative estimate of drug-likeness (QED) is 0.932. The molecule has 1 unspecified atom stereocenters. The summed E-state index contributed by atoms with van der Waals surface area (Å²) in [5, 5.41) is 19.6. The van der Waals surface area contributed by atoms with E-state index in [-0.39, 0.29) is 0 Å². The topological polar surface area (TPSA) is 53.2 Å². The van der Waals surface area contributed by atoms with E-state index in [4.69, 9.17) is 4.74 Å². The molecule has 2 rings (SSSR count). The fourth-order valence-electron chi connectivity index (χ4n) is 2.16. The van der Waals surface area contributed by atoms with Crippen LogP contribution in [0.3, 0.4) is 0 Å². The molecular weight excluding hydrogens is 282 g/mol.